The Morgan fingerprint density at radius 2 is 1.74 bits per heavy atom. The molecule has 1 aliphatic heterocycles. The van der Waals surface area contributed by atoms with E-state index in [2.05, 4.69) is 0 Å². The van der Waals surface area contributed by atoms with E-state index in [1.807, 2.05) is 17.6 Å². The minimum Gasteiger partial charge on any atom is -0.465 e. The minimum absolute atomic E-state index is 0.307. The third-order valence-electron chi connectivity index (χ3n) is 3.60. The lowest BCUT2D eigenvalue weighted by atomic mass is 9.68. The molecule has 104 valence electrons. The molecule has 0 aromatic heterocycles. The molecule has 2 rings (SSSR count). The Labute approximate surface area is 117 Å². The molecule has 2 aliphatic rings. The van der Waals surface area contributed by atoms with E-state index in [-0.39, 0.29) is 11.9 Å². The molecule has 0 aromatic carbocycles. The summed E-state index contributed by atoms with van der Waals surface area (Å²) in [7, 11) is 0. The maximum atomic E-state index is 12.4. The number of hydrogen-bond acceptors (Lipinski definition) is 5. The van der Waals surface area contributed by atoms with Crippen LogP contribution in [0.3, 0.4) is 0 Å². The molecule has 4 nitrogen and oxygen atoms in total. The number of ether oxygens (including phenoxy) is 2. The highest BCUT2D eigenvalue weighted by molar-refractivity contribution is 8.04. The molecular formula is C14H18O4S. The van der Waals surface area contributed by atoms with Crippen molar-refractivity contribution in [2.45, 2.75) is 31.4 Å². The summed E-state index contributed by atoms with van der Waals surface area (Å²) in [6.45, 7) is 4.16. The fourth-order valence-electron chi connectivity index (χ4n) is 2.63. The van der Waals surface area contributed by atoms with Crippen LogP contribution in [0.5, 0.6) is 0 Å². The van der Waals surface area contributed by atoms with Crippen LogP contribution in [0.4, 0.5) is 0 Å². The van der Waals surface area contributed by atoms with E-state index in [0.29, 0.717) is 26.1 Å². The van der Waals surface area contributed by atoms with Gasteiger partial charge in [-0.1, -0.05) is 18.2 Å². The van der Waals surface area contributed by atoms with Gasteiger partial charge >= 0.3 is 11.9 Å². The van der Waals surface area contributed by atoms with Gasteiger partial charge in [0.2, 0.25) is 0 Å². The highest BCUT2D eigenvalue weighted by Crippen LogP contribution is 2.57. The summed E-state index contributed by atoms with van der Waals surface area (Å²) in [5.74, 6) is -0.670. The molecule has 1 heterocycles. The molecule has 0 radical (unpaired) electrons. The van der Waals surface area contributed by atoms with Crippen LogP contribution in [0.25, 0.3) is 0 Å². The van der Waals surface area contributed by atoms with E-state index in [1.54, 1.807) is 19.9 Å². The predicted molar refractivity (Wildman–Crippen MR) is 73.5 cm³/mol. The number of thioether (sulfide) groups is 1. The molecular weight excluding hydrogens is 264 g/mol. The van der Waals surface area contributed by atoms with Crippen molar-refractivity contribution < 1.29 is 19.1 Å². The maximum absolute atomic E-state index is 12.4. The van der Waals surface area contributed by atoms with Crippen LogP contribution in [0.2, 0.25) is 0 Å². The monoisotopic (exact) mass is 282 g/mol. The standard InChI is InChI=1S/C14H18O4S/c1-3-17-11(15)13-7-5-6-8-14(13,19-10-9-13)12(16)18-4-2/h5-6,9-10H,3-4,7-8H2,1-2H3/t13-,14+/m0/s1. The van der Waals surface area contributed by atoms with Gasteiger partial charge in [-0.2, -0.15) is 0 Å². The molecule has 0 aromatic rings. The van der Waals surface area contributed by atoms with Crippen molar-refractivity contribution >= 4 is 23.7 Å². The predicted octanol–water partition coefficient (Wildman–Crippen LogP) is 2.45. The summed E-state index contributed by atoms with van der Waals surface area (Å²) in [6.07, 6.45) is 6.64. The van der Waals surface area contributed by atoms with Crippen LogP contribution >= 0.6 is 11.8 Å². The first-order chi connectivity index (χ1) is 9.13. The molecule has 1 aliphatic carbocycles. The maximum Gasteiger partial charge on any atom is 0.324 e. The normalized spacial score (nSPS) is 31.9. The first-order valence-corrected chi connectivity index (χ1v) is 7.36. The number of esters is 2. The second-order valence-corrected chi connectivity index (χ2v) is 5.74. The van der Waals surface area contributed by atoms with Crippen LogP contribution < -0.4 is 0 Å². The second kappa shape index (κ2) is 5.41. The van der Waals surface area contributed by atoms with E-state index in [4.69, 9.17) is 9.47 Å². The Bertz CT molecular complexity index is 443. The van der Waals surface area contributed by atoms with Gasteiger partial charge in [-0.3, -0.25) is 9.59 Å². The number of rotatable bonds is 4. The molecule has 0 bridgehead atoms. The van der Waals surface area contributed by atoms with Crippen molar-refractivity contribution in [3.05, 3.63) is 23.6 Å². The third kappa shape index (κ3) is 2.00. The Morgan fingerprint density at radius 3 is 2.42 bits per heavy atom. The van der Waals surface area contributed by atoms with Gasteiger partial charge in [0.05, 0.1) is 13.2 Å². The van der Waals surface area contributed by atoms with Crippen molar-refractivity contribution in [3.63, 3.8) is 0 Å². The number of carbonyl (C=O) groups excluding carboxylic acids is 2. The van der Waals surface area contributed by atoms with Crippen LogP contribution in [0.15, 0.2) is 23.6 Å². The third-order valence-corrected chi connectivity index (χ3v) is 4.97. The first kappa shape index (κ1) is 14.2. The lowest BCUT2D eigenvalue weighted by Crippen LogP contribution is -2.55. The molecule has 0 spiro atoms. The van der Waals surface area contributed by atoms with Gasteiger partial charge in [0.15, 0.2) is 0 Å². The molecule has 2 atom stereocenters. The van der Waals surface area contributed by atoms with Crippen molar-refractivity contribution in [1.82, 2.24) is 0 Å². The van der Waals surface area contributed by atoms with Crippen molar-refractivity contribution in [2.75, 3.05) is 13.2 Å². The first-order valence-electron chi connectivity index (χ1n) is 6.48. The zero-order valence-corrected chi connectivity index (χ0v) is 12.0. The number of fused-ring (bicyclic) bond motifs is 1. The zero-order valence-electron chi connectivity index (χ0n) is 11.2. The SMILES string of the molecule is CCOC(=O)[C@]12C=CS[C@@]1(C(=O)OCC)CC=CC2. The molecule has 19 heavy (non-hydrogen) atoms. The fourth-order valence-corrected chi connectivity index (χ4v) is 3.95. The van der Waals surface area contributed by atoms with E-state index >= 15 is 0 Å². The molecule has 0 fully saturated rings. The van der Waals surface area contributed by atoms with Gasteiger partial charge in [0, 0.05) is 0 Å². The second-order valence-electron chi connectivity index (χ2n) is 4.54. The van der Waals surface area contributed by atoms with E-state index in [0.717, 1.165) is 0 Å². The van der Waals surface area contributed by atoms with E-state index in [1.165, 1.54) is 11.8 Å². The quantitative estimate of drug-likeness (QED) is 0.585. The van der Waals surface area contributed by atoms with E-state index in [9.17, 15) is 9.59 Å². The Balaban J connectivity index is 2.41. The highest BCUT2D eigenvalue weighted by atomic mass is 32.2. The van der Waals surface area contributed by atoms with Gasteiger partial charge in [-0.05, 0) is 32.1 Å². The summed E-state index contributed by atoms with van der Waals surface area (Å²) < 4.78 is 9.49. The summed E-state index contributed by atoms with van der Waals surface area (Å²) >= 11 is 1.37. The van der Waals surface area contributed by atoms with Gasteiger partial charge in [0.1, 0.15) is 10.2 Å². The van der Waals surface area contributed by atoms with Crippen molar-refractivity contribution in [1.29, 1.82) is 0 Å². The van der Waals surface area contributed by atoms with Crippen molar-refractivity contribution in [2.24, 2.45) is 5.41 Å². The summed E-state index contributed by atoms with van der Waals surface area (Å²) in [5.41, 5.74) is -0.922. The van der Waals surface area contributed by atoms with Gasteiger partial charge in [0.25, 0.3) is 0 Å². The van der Waals surface area contributed by atoms with Gasteiger partial charge in [-0.15, -0.1) is 11.8 Å². The van der Waals surface area contributed by atoms with Crippen LogP contribution in [0.1, 0.15) is 26.7 Å². The molecule has 0 saturated carbocycles. The number of hydrogen-bond donors (Lipinski definition) is 0. The lowest BCUT2D eigenvalue weighted by molar-refractivity contribution is -0.163. The molecule has 0 unspecified atom stereocenters. The molecule has 5 heteroatoms. The Kier molecular flexibility index (Phi) is 4.04. The zero-order chi connectivity index (χ0) is 13.9. The molecule has 0 N–H and O–H groups in total. The average Bonchev–Trinajstić information content (AvgIpc) is 2.81. The van der Waals surface area contributed by atoms with Crippen LogP contribution in [-0.4, -0.2) is 29.9 Å². The summed E-state index contributed by atoms with van der Waals surface area (Å²) in [4.78, 5) is 24.8. The topological polar surface area (TPSA) is 52.6 Å². The van der Waals surface area contributed by atoms with Gasteiger partial charge < -0.3 is 9.47 Å². The number of allylic oxidation sites excluding steroid dienone is 2. The Hall–Kier alpha value is -1.23. The lowest BCUT2D eigenvalue weighted by Gasteiger charge is -2.41. The summed E-state index contributed by atoms with van der Waals surface area (Å²) in [6, 6.07) is 0. The van der Waals surface area contributed by atoms with Crippen LogP contribution in [0, 0.1) is 5.41 Å². The minimum atomic E-state index is -0.922. The largest absolute Gasteiger partial charge is 0.465 e. The van der Waals surface area contributed by atoms with Crippen LogP contribution in [-0.2, 0) is 19.1 Å². The van der Waals surface area contributed by atoms with E-state index < -0.39 is 10.2 Å². The Morgan fingerprint density at radius 1 is 1.11 bits per heavy atom. The fraction of sp³-hybridized carbons (Fsp3) is 0.571. The molecule has 0 saturated heterocycles. The molecule has 0 amide bonds. The average molecular weight is 282 g/mol. The van der Waals surface area contributed by atoms with Gasteiger partial charge in [-0.25, -0.2) is 0 Å². The highest BCUT2D eigenvalue weighted by Gasteiger charge is 2.64. The summed E-state index contributed by atoms with van der Waals surface area (Å²) in [5, 5.41) is 1.82. The number of carbonyl (C=O) groups is 2. The van der Waals surface area contributed by atoms with Crippen molar-refractivity contribution in [3.8, 4) is 0 Å². The smallest absolute Gasteiger partial charge is 0.324 e.